The topological polar surface area (TPSA) is 78.5 Å². The van der Waals surface area contributed by atoms with Crippen LogP contribution in [-0.4, -0.2) is 35.7 Å². The van der Waals surface area contributed by atoms with Gasteiger partial charge < -0.3 is 4.90 Å². The van der Waals surface area contributed by atoms with Gasteiger partial charge in [0.1, 0.15) is 0 Å². The normalized spacial score (nSPS) is 16.3. The summed E-state index contributed by atoms with van der Waals surface area (Å²) in [4.78, 5) is 38.2. The van der Waals surface area contributed by atoms with Crippen molar-refractivity contribution in [3.63, 3.8) is 0 Å². The Balaban J connectivity index is 1.48. The van der Waals surface area contributed by atoms with E-state index in [4.69, 9.17) is 11.6 Å². The predicted octanol–water partition coefficient (Wildman–Crippen LogP) is 2.19. The van der Waals surface area contributed by atoms with Crippen molar-refractivity contribution < 1.29 is 14.4 Å². The highest BCUT2D eigenvalue weighted by Crippen LogP contribution is 2.18. The second kappa shape index (κ2) is 8.68. The van der Waals surface area contributed by atoms with E-state index in [1.54, 1.807) is 29.2 Å². The minimum Gasteiger partial charge on any atom is -0.342 e. The zero-order valence-corrected chi connectivity index (χ0v) is 15.4. The molecular formula is C20H20ClN3O3. The Kier molecular flexibility index (Phi) is 6.08. The Bertz CT molecular complexity index is 841. The van der Waals surface area contributed by atoms with Gasteiger partial charge in [0.25, 0.3) is 5.91 Å². The Morgan fingerprint density at radius 3 is 2.48 bits per heavy atom. The minimum absolute atomic E-state index is 0.0523. The maximum absolute atomic E-state index is 12.3. The fraction of sp³-hybridized carbons (Fsp3) is 0.250. The second-order valence-corrected chi connectivity index (χ2v) is 6.81. The fourth-order valence-electron chi connectivity index (χ4n) is 3.01. The maximum atomic E-state index is 12.3. The van der Waals surface area contributed by atoms with E-state index < -0.39 is 11.8 Å². The predicted molar refractivity (Wildman–Crippen MR) is 102 cm³/mol. The Labute approximate surface area is 162 Å². The molecule has 1 heterocycles. The minimum atomic E-state index is -0.501. The molecule has 3 amide bonds. The molecule has 1 atom stereocenters. The van der Waals surface area contributed by atoms with E-state index in [1.165, 1.54) is 0 Å². The third-order valence-corrected chi connectivity index (χ3v) is 4.85. The number of halogens is 1. The van der Waals surface area contributed by atoms with Gasteiger partial charge in [-0.25, -0.2) is 0 Å². The fourth-order valence-corrected chi connectivity index (χ4v) is 3.23. The SMILES string of the molecule is O=C(NNC(=O)C1CC(=O)N(CCc2ccccc2)C1)c1ccccc1Cl. The van der Waals surface area contributed by atoms with Crippen molar-refractivity contribution in [3.8, 4) is 0 Å². The highest BCUT2D eigenvalue weighted by atomic mass is 35.5. The van der Waals surface area contributed by atoms with Gasteiger partial charge in [-0.15, -0.1) is 0 Å². The largest absolute Gasteiger partial charge is 0.342 e. The molecule has 1 aliphatic heterocycles. The van der Waals surface area contributed by atoms with E-state index in [2.05, 4.69) is 10.9 Å². The molecule has 2 aromatic carbocycles. The molecule has 1 unspecified atom stereocenters. The number of nitrogens with one attached hydrogen (secondary N) is 2. The molecule has 0 aromatic heterocycles. The molecule has 7 heteroatoms. The Morgan fingerprint density at radius 1 is 1.04 bits per heavy atom. The monoisotopic (exact) mass is 385 g/mol. The first-order valence-electron chi connectivity index (χ1n) is 8.71. The molecule has 1 saturated heterocycles. The van der Waals surface area contributed by atoms with Crippen LogP contribution < -0.4 is 10.9 Å². The average molecular weight is 386 g/mol. The van der Waals surface area contributed by atoms with Crippen LogP contribution in [0.15, 0.2) is 54.6 Å². The van der Waals surface area contributed by atoms with Crippen molar-refractivity contribution in [1.29, 1.82) is 0 Å². The zero-order valence-electron chi connectivity index (χ0n) is 14.7. The number of rotatable bonds is 5. The lowest BCUT2D eigenvalue weighted by Gasteiger charge is -2.16. The van der Waals surface area contributed by atoms with Crippen LogP contribution in [0.2, 0.25) is 5.02 Å². The molecule has 2 aromatic rings. The van der Waals surface area contributed by atoms with Gasteiger partial charge in [0.15, 0.2) is 0 Å². The average Bonchev–Trinajstić information content (AvgIpc) is 3.06. The summed E-state index contributed by atoms with van der Waals surface area (Å²) in [5.74, 6) is -1.42. The molecular weight excluding hydrogens is 366 g/mol. The quantitative estimate of drug-likeness (QED) is 0.774. The first kappa shape index (κ1) is 18.9. The van der Waals surface area contributed by atoms with Crippen LogP contribution in [0.3, 0.4) is 0 Å². The summed E-state index contributed by atoms with van der Waals surface area (Å²) in [6, 6.07) is 16.4. The van der Waals surface area contributed by atoms with Gasteiger partial charge in [-0.05, 0) is 24.1 Å². The maximum Gasteiger partial charge on any atom is 0.271 e. The van der Waals surface area contributed by atoms with Crippen molar-refractivity contribution in [2.45, 2.75) is 12.8 Å². The molecule has 0 spiro atoms. The number of likely N-dealkylation sites (tertiary alicyclic amines) is 1. The second-order valence-electron chi connectivity index (χ2n) is 6.40. The number of hydrogen-bond donors (Lipinski definition) is 2. The van der Waals surface area contributed by atoms with Crippen molar-refractivity contribution in [1.82, 2.24) is 15.8 Å². The van der Waals surface area contributed by atoms with Crippen LogP contribution in [0.4, 0.5) is 0 Å². The van der Waals surface area contributed by atoms with Gasteiger partial charge in [0, 0.05) is 19.5 Å². The van der Waals surface area contributed by atoms with E-state index in [1.807, 2.05) is 30.3 Å². The summed E-state index contributed by atoms with van der Waals surface area (Å²) in [7, 11) is 0. The molecule has 140 valence electrons. The molecule has 0 aliphatic carbocycles. The van der Waals surface area contributed by atoms with Gasteiger partial charge in [0.05, 0.1) is 16.5 Å². The number of nitrogens with zero attached hydrogens (tertiary/aromatic N) is 1. The first-order valence-corrected chi connectivity index (χ1v) is 9.09. The lowest BCUT2D eigenvalue weighted by atomic mass is 10.1. The molecule has 2 N–H and O–H groups in total. The van der Waals surface area contributed by atoms with Crippen LogP contribution in [0, 0.1) is 5.92 Å². The highest BCUT2D eigenvalue weighted by Gasteiger charge is 2.34. The first-order chi connectivity index (χ1) is 13.0. The van der Waals surface area contributed by atoms with Crippen molar-refractivity contribution in [3.05, 3.63) is 70.7 Å². The van der Waals surface area contributed by atoms with Crippen molar-refractivity contribution in [2.75, 3.05) is 13.1 Å². The molecule has 6 nitrogen and oxygen atoms in total. The lowest BCUT2D eigenvalue weighted by molar-refractivity contribution is -0.129. The molecule has 1 aliphatic rings. The van der Waals surface area contributed by atoms with Gasteiger partial charge in [0.2, 0.25) is 11.8 Å². The van der Waals surface area contributed by atoms with Crippen LogP contribution in [0.5, 0.6) is 0 Å². The van der Waals surface area contributed by atoms with Crippen molar-refractivity contribution in [2.24, 2.45) is 5.92 Å². The van der Waals surface area contributed by atoms with Crippen LogP contribution in [0.1, 0.15) is 22.3 Å². The third-order valence-electron chi connectivity index (χ3n) is 4.52. The molecule has 0 bridgehead atoms. The molecule has 1 fully saturated rings. The van der Waals surface area contributed by atoms with Crippen LogP contribution >= 0.6 is 11.6 Å². The smallest absolute Gasteiger partial charge is 0.271 e. The summed E-state index contributed by atoms with van der Waals surface area (Å²) in [5.41, 5.74) is 6.15. The molecule has 27 heavy (non-hydrogen) atoms. The summed E-state index contributed by atoms with van der Waals surface area (Å²) < 4.78 is 0. The zero-order chi connectivity index (χ0) is 19.2. The van der Waals surface area contributed by atoms with E-state index in [0.717, 1.165) is 12.0 Å². The number of benzene rings is 2. The van der Waals surface area contributed by atoms with E-state index in [-0.39, 0.29) is 23.8 Å². The van der Waals surface area contributed by atoms with Crippen LogP contribution in [0.25, 0.3) is 0 Å². The highest BCUT2D eigenvalue weighted by molar-refractivity contribution is 6.33. The molecule has 0 saturated carbocycles. The molecule has 0 radical (unpaired) electrons. The summed E-state index contributed by atoms with van der Waals surface area (Å²) in [6.45, 7) is 0.915. The number of carbonyl (C=O) groups excluding carboxylic acids is 3. The Morgan fingerprint density at radius 2 is 1.74 bits per heavy atom. The summed E-state index contributed by atoms with van der Waals surface area (Å²) >= 11 is 5.96. The van der Waals surface area contributed by atoms with Crippen molar-refractivity contribution >= 4 is 29.3 Å². The standard InChI is InChI=1S/C20H20ClN3O3/c21-17-9-5-4-8-16(17)20(27)23-22-19(26)15-12-18(25)24(13-15)11-10-14-6-2-1-3-7-14/h1-9,15H,10-13H2,(H,22,26)(H,23,27). The number of hydrogen-bond acceptors (Lipinski definition) is 3. The lowest BCUT2D eigenvalue weighted by Crippen LogP contribution is -2.45. The van der Waals surface area contributed by atoms with E-state index >= 15 is 0 Å². The number of hydrazine groups is 1. The van der Waals surface area contributed by atoms with E-state index in [9.17, 15) is 14.4 Å². The number of amides is 3. The third kappa shape index (κ3) is 4.86. The number of carbonyl (C=O) groups is 3. The van der Waals surface area contributed by atoms with Crippen LogP contribution in [-0.2, 0) is 16.0 Å². The van der Waals surface area contributed by atoms with Gasteiger partial charge >= 0.3 is 0 Å². The Hall–Kier alpha value is -2.86. The van der Waals surface area contributed by atoms with E-state index in [0.29, 0.717) is 18.1 Å². The summed E-state index contributed by atoms with van der Waals surface area (Å²) in [6.07, 6.45) is 0.882. The van der Waals surface area contributed by atoms with Gasteiger partial charge in [-0.3, -0.25) is 25.2 Å². The van der Waals surface area contributed by atoms with Gasteiger partial charge in [-0.2, -0.15) is 0 Å². The summed E-state index contributed by atoms with van der Waals surface area (Å²) in [5, 5.41) is 0.299. The van der Waals surface area contributed by atoms with Gasteiger partial charge in [-0.1, -0.05) is 54.1 Å². The molecule has 3 rings (SSSR count).